The number of carbonyl (C=O) groups is 2. The van der Waals surface area contributed by atoms with Gasteiger partial charge >= 0.3 is 6.18 Å². The molecule has 1 unspecified atom stereocenters. The van der Waals surface area contributed by atoms with Gasteiger partial charge in [-0.1, -0.05) is 0 Å². The standard InChI is InChI=1S/C13H13F3O4/c1-7(12(18)13(14,15)16)11(17)9-6-8(19-2)4-5-10(9)20-3/h4-7H,1-3H3. The number of ketones is 2. The molecule has 0 radical (unpaired) electrons. The minimum absolute atomic E-state index is 0.0811. The maximum Gasteiger partial charge on any atom is 0.450 e. The first-order valence-corrected chi connectivity index (χ1v) is 5.59. The number of rotatable bonds is 5. The molecule has 4 nitrogen and oxygen atoms in total. The molecule has 1 aromatic rings. The Morgan fingerprint density at radius 1 is 1.15 bits per heavy atom. The summed E-state index contributed by atoms with van der Waals surface area (Å²) in [5, 5.41) is 0. The number of ether oxygens (including phenoxy) is 2. The van der Waals surface area contributed by atoms with Crippen molar-refractivity contribution in [3.63, 3.8) is 0 Å². The molecule has 1 aromatic carbocycles. The summed E-state index contributed by atoms with van der Waals surface area (Å²) in [6.07, 6.45) is -5.05. The van der Waals surface area contributed by atoms with Crippen molar-refractivity contribution in [1.82, 2.24) is 0 Å². The highest BCUT2D eigenvalue weighted by molar-refractivity contribution is 6.13. The van der Waals surface area contributed by atoms with E-state index in [1.54, 1.807) is 0 Å². The van der Waals surface area contributed by atoms with Crippen molar-refractivity contribution < 1.29 is 32.2 Å². The summed E-state index contributed by atoms with van der Waals surface area (Å²) in [5.74, 6) is -4.54. The maximum absolute atomic E-state index is 12.3. The van der Waals surface area contributed by atoms with E-state index < -0.39 is 23.7 Å². The van der Waals surface area contributed by atoms with E-state index in [9.17, 15) is 22.8 Å². The number of methoxy groups -OCH3 is 2. The number of carbonyl (C=O) groups excluding carboxylic acids is 2. The molecule has 0 heterocycles. The van der Waals surface area contributed by atoms with E-state index >= 15 is 0 Å². The van der Waals surface area contributed by atoms with Crippen LogP contribution in [0.4, 0.5) is 13.2 Å². The van der Waals surface area contributed by atoms with Crippen molar-refractivity contribution in [2.24, 2.45) is 5.92 Å². The first-order valence-electron chi connectivity index (χ1n) is 5.59. The zero-order chi connectivity index (χ0) is 15.5. The van der Waals surface area contributed by atoms with E-state index in [-0.39, 0.29) is 17.1 Å². The molecule has 110 valence electrons. The van der Waals surface area contributed by atoms with Crippen molar-refractivity contribution in [1.29, 1.82) is 0 Å². The number of halogens is 3. The highest BCUT2D eigenvalue weighted by Gasteiger charge is 2.44. The Morgan fingerprint density at radius 2 is 1.75 bits per heavy atom. The molecular weight excluding hydrogens is 277 g/mol. The van der Waals surface area contributed by atoms with Crippen LogP contribution < -0.4 is 9.47 Å². The average Bonchev–Trinajstić information content (AvgIpc) is 2.43. The van der Waals surface area contributed by atoms with Gasteiger partial charge in [-0.05, 0) is 25.1 Å². The molecule has 0 saturated carbocycles. The molecular formula is C13H13F3O4. The Labute approximate surface area is 113 Å². The fourth-order valence-corrected chi connectivity index (χ4v) is 1.60. The Hall–Kier alpha value is -2.05. The molecule has 0 aliphatic rings. The quantitative estimate of drug-likeness (QED) is 0.618. The molecule has 7 heteroatoms. The highest BCUT2D eigenvalue weighted by Crippen LogP contribution is 2.29. The van der Waals surface area contributed by atoms with Gasteiger partial charge in [0.25, 0.3) is 0 Å². The van der Waals surface area contributed by atoms with Crippen LogP contribution in [0.1, 0.15) is 17.3 Å². The number of Topliss-reactive ketones (excluding diaryl/α,β-unsaturated/α-hetero) is 2. The average molecular weight is 290 g/mol. The fraction of sp³-hybridized carbons (Fsp3) is 0.385. The third-order valence-electron chi connectivity index (χ3n) is 2.74. The van der Waals surface area contributed by atoms with E-state index in [2.05, 4.69) is 0 Å². The summed E-state index contributed by atoms with van der Waals surface area (Å²) >= 11 is 0. The topological polar surface area (TPSA) is 52.6 Å². The number of hydrogen-bond acceptors (Lipinski definition) is 4. The molecule has 0 N–H and O–H groups in total. The van der Waals surface area contributed by atoms with Gasteiger partial charge in [-0.15, -0.1) is 0 Å². The zero-order valence-corrected chi connectivity index (χ0v) is 11.1. The lowest BCUT2D eigenvalue weighted by atomic mass is 9.94. The first-order chi connectivity index (χ1) is 9.22. The van der Waals surface area contributed by atoms with Gasteiger partial charge in [0.15, 0.2) is 5.78 Å². The minimum Gasteiger partial charge on any atom is -0.497 e. The van der Waals surface area contributed by atoms with Crippen LogP contribution >= 0.6 is 0 Å². The molecule has 0 amide bonds. The number of alkyl halides is 3. The van der Waals surface area contributed by atoms with Gasteiger partial charge in [-0.3, -0.25) is 9.59 Å². The Kier molecular flexibility index (Phi) is 4.75. The van der Waals surface area contributed by atoms with Crippen molar-refractivity contribution in [3.05, 3.63) is 23.8 Å². The van der Waals surface area contributed by atoms with Gasteiger partial charge in [-0.2, -0.15) is 13.2 Å². The van der Waals surface area contributed by atoms with Gasteiger partial charge in [0.2, 0.25) is 5.78 Å². The fourth-order valence-electron chi connectivity index (χ4n) is 1.60. The molecule has 1 rings (SSSR count). The Bertz CT molecular complexity index is 523. The van der Waals surface area contributed by atoms with Crippen LogP contribution in [0.25, 0.3) is 0 Å². The van der Waals surface area contributed by atoms with Gasteiger partial charge in [0, 0.05) is 0 Å². The summed E-state index contributed by atoms with van der Waals surface area (Å²) in [6.45, 7) is 0.914. The van der Waals surface area contributed by atoms with Crippen molar-refractivity contribution in [2.75, 3.05) is 14.2 Å². The highest BCUT2D eigenvalue weighted by atomic mass is 19.4. The molecule has 0 aliphatic carbocycles. The Morgan fingerprint density at radius 3 is 2.20 bits per heavy atom. The van der Waals surface area contributed by atoms with E-state index in [1.807, 2.05) is 0 Å². The van der Waals surface area contributed by atoms with Crippen LogP contribution in [0.5, 0.6) is 11.5 Å². The first kappa shape index (κ1) is 16.0. The minimum atomic E-state index is -5.05. The predicted molar refractivity (Wildman–Crippen MR) is 64.1 cm³/mol. The van der Waals surface area contributed by atoms with Crippen molar-refractivity contribution >= 4 is 11.6 Å². The number of hydrogen-bond donors (Lipinski definition) is 0. The van der Waals surface area contributed by atoms with Gasteiger partial charge in [0.1, 0.15) is 11.5 Å². The monoisotopic (exact) mass is 290 g/mol. The van der Waals surface area contributed by atoms with Crippen LogP contribution in [-0.2, 0) is 4.79 Å². The second kappa shape index (κ2) is 5.94. The van der Waals surface area contributed by atoms with Gasteiger partial charge in [0.05, 0.1) is 25.7 Å². The van der Waals surface area contributed by atoms with E-state index in [0.717, 1.165) is 6.92 Å². The largest absolute Gasteiger partial charge is 0.497 e. The van der Waals surface area contributed by atoms with Crippen LogP contribution in [0.2, 0.25) is 0 Å². The predicted octanol–water partition coefficient (Wildman–Crippen LogP) is 2.65. The molecule has 0 bridgehead atoms. The van der Waals surface area contributed by atoms with E-state index in [1.165, 1.54) is 32.4 Å². The van der Waals surface area contributed by atoms with Gasteiger partial charge in [-0.25, -0.2) is 0 Å². The lowest BCUT2D eigenvalue weighted by molar-refractivity contribution is -0.173. The van der Waals surface area contributed by atoms with Crippen LogP contribution in [0.3, 0.4) is 0 Å². The SMILES string of the molecule is COc1ccc(OC)c(C(=O)C(C)C(=O)C(F)(F)F)c1. The summed E-state index contributed by atoms with van der Waals surface area (Å²) in [7, 11) is 2.62. The van der Waals surface area contributed by atoms with Crippen molar-refractivity contribution in [3.8, 4) is 11.5 Å². The Balaban J connectivity index is 3.17. The molecule has 0 spiro atoms. The van der Waals surface area contributed by atoms with Crippen LogP contribution in [0, 0.1) is 5.92 Å². The summed E-state index contributed by atoms with van der Waals surface area (Å²) in [6, 6.07) is 4.12. The third kappa shape index (κ3) is 3.28. The second-order valence-electron chi connectivity index (χ2n) is 4.01. The smallest absolute Gasteiger partial charge is 0.450 e. The number of benzene rings is 1. The normalized spacial score (nSPS) is 12.7. The van der Waals surface area contributed by atoms with E-state index in [0.29, 0.717) is 0 Å². The summed E-state index contributed by atoms with van der Waals surface area (Å²) in [5.41, 5.74) is -0.128. The third-order valence-corrected chi connectivity index (χ3v) is 2.74. The zero-order valence-electron chi connectivity index (χ0n) is 11.1. The lowest BCUT2D eigenvalue weighted by Gasteiger charge is -2.14. The molecule has 0 saturated heterocycles. The second-order valence-corrected chi connectivity index (χ2v) is 4.01. The van der Waals surface area contributed by atoms with Crippen LogP contribution in [-0.4, -0.2) is 32.0 Å². The molecule has 0 aliphatic heterocycles. The van der Waals surface area contributed by atoms with E-state index in [4.69, 9.17) is 9.47 Å². The molecule has 1 atom stereocenters. The summed E-state index contributed by atoms with van der Waals surface area (Å²) < 4.78 is 46.8. The molecule has 0 fully saturated rings. The van der Waals surface area contributed by atoms with Crippen molar-refractivity contribution in [2.45, 2.75) is 13.1 Å². The maximum atomic E-state index is 12.3. The molecule has 20 heavy (non-hydrogen) atoms. The van der Waals surface area contributed by atoms with Crippen LogP contribution in [0.15, 0.2) is 18.2 Å². The molecule has 0 aromatic heterocycles. The summed E-state index contributed by atoms with van der Waals surface area (Å²) in [4.78, 5) is 23.1. The van der Waals surface area contributed by atoms with Gasteiger partial charge < -0.3 is 9.47 Å². The lowest BCUT2D eigenvalue weighted by Crippen LogP contribution is -2.33.